The number of hydrogen-bond donors (Lipinski definition) is 1. The summed E-state index contributed by atoms with van der Waals surface area (Å²) in [7, 11) is 0. The zero-order valence-corrected chi connectivity index (χ0v) is 18.6. The molecule has 0 aliphatic heterocycles. The average Bonchev–Trinajstić information content (AvgIpc) is 3.16. The summed E-state index contributed by atoms with van der Waals surface area (Å²) in [6.45, 7) is 4.82. The van der Waals surface area contributed by atoms with Crippen molar-refractivity contribution in [2.24, 2.45) is 0 Å². The first-order chi connectivity index (χ1) is 14.4. The standard InChI is InChI=1S/C22H24N2O4S2/c1-15-6-5-7-17(14-15)24(10-12-27-16(2)25)11-13-28-22(26)20(29)21-23-18-8-3-4-9-19(18)30-21/h3-9,14,20,29H,10-13H2,1-2H3. The van der Waals surface area contributed by atoms with E-state index >= 15 is 0 Å². The summed E-state index contributed by atoms with van der Waals surface area (Å²) in [6.07, 6.45) is 0. The van der Waals surface area contributed by atoms with Crippen LogP contribution in [-0.2, 0) is 19.1 Å². The Morgan fingerprint density at radius 3 is 2.53 bits per heavy atom. The maximum absolute atomic E-state index is 12.5. The Balaban J connectivity index is 1.58. The number of rotatable bonds is 9. The number of fused-ring (bicyclic) bond motifs is 1. The summed E-state index contributed by atoms with van der Waals surface area (Å²) in [5.41, 5.74) is 2.94. The molecule has 0 N–H and O–H groups in total. The van der Waals surface area contributed by atoms with Gasteiger partial charge >= 0.3 is 11.9 Å². The molecule has 6 nitrogen and oxygen atoms in total. The highest BCUT2D eigenvalue weighted by molar-refractivity contribution is 7.81. The molecule has 3 rings (SSSR count). The molecule has 0 aliphatic carbocycles. The number of aryl methyl sites for hydroxylation is 1. The average molecular weight is 445 g/mol. The molecule has 0 fully saturated rings. The number of anilines is 1. The Hall–Kier alpha value is -2.58. The lowest BCUT2D eigenvalue weighted by Gasteiger charge is -2.25. The molecule has 1 atom stereocenters. The van der Waals surface area contributed by atoms with Gasteiger partial charge in [0.25, 0.3) is 0 Å². The molecule has 2 aromatic carbocycles. The van der Waals surface area contributed by atoms with Gasteiger partial charge in [0, 0.05) is 12.6 Å². The van der Waals surface area contributed by atoms with Crippen LogP contribution in [0.15, 0.2) is 48.5 Å². The van der Waals surface area contributed by atoms with Crippen LogP contribution in [0.1, 0.15) is 22.7 Å². The number of carbonyl (C=O) groups is 2. The highest BCUT2D eigenvalue weighted by Gasteiger charge is 2.22. The summed E-state index contributed by atoms with van der Waals surface area (Å²) in [5, 5.41) is -0.106. The van der Waals surface area contributed by atoms with Gasteiger partial charge in [0.15, 0.2) is 5.25 Å². The molecule has 158 valence electrons. The molecule has 0 radical (unpaired) electrons. The number of aromatic nitrogens is 1. The molecular formula is C22H24N2O4S2. The van der Waals surface area contributed by atoms with Gasteiger partial charge in [-0.15, -0.1) is 11.3 Å². The van der Waals surface area contributed by atoms with E-state index in [4.69, 9.17) is 9.47 Å². The van der Waals surface area contributed by atoms with E-state index in [0.717, 1.165) is 21.5 Å². The van der Waals surface area contributed by atoms with Crippen LogP contribution in [0.3, 0.4) is 0 Å². The molecule has 1 unspecified atom stereocenters. The number of carbonyl (C=O) groups excluding carboxylic acids is 2. The summed E-state index contributed by atoms with van der Waals surface area (Å²) in [6, 6.07) is 15.7. The summed E-state index contributed by atoms with van der Waals surface area (Å²) < 4.78 is 11.5. The second-order valence-corrected chi connectivity index (χ2v) is 8.33. The van der Waals surface area contributed by atoms with E-state index in [-0.39, 0.29) is 19.2 Å². The molecule has 0 saturated heterocycles. The normalized spacial score (nSPS) is 11.8. The molecule has 0 amide bonds. The minimum atomic E-state index is -0.726. The van der Waals surface area contributed by atoms with Crippen molar-refractivity contribution in [1.29, 1.82) is 0 Å². The smallest absolute Gasteiger partial charge is 0.325 e. The molecule has 0 spiro atoms. The van der Waals surface area contributed by atoms with Gasteiger partial charge in [-0.3, -0.25) is 9.59 Å². The number of esters is 2. The van der Waals surface area contributed by atoms with Gasteiger partial charge in [0.05, 0.1) is 23.3 Å². The predicted molar refractivity (Wildman–Crippen MR) is 122 cm³/mol. The van der Waals surface area contributed by atoms with E-state index in [9.17, 15) is 9.59 Å². The van der Waals surface area contributed by atoms with Crippen molar-refractivity contribution in [3.63, 3.8) is 0 Å². The number of para-hydroxylation sites is 1. The molecule has 8 heteroatoms. The largest absolute Gasteiger partial charge is 0.464 e. The fourth-order valence-corrected chi connectivity index (χ4v) is 4.17. The van der Waals surface area contributed by atoms with E-state index in [2.05, 4.69) is 17.6 Å². The molecule has 0 aliphatic rings. The Bertz CT molecular complexity index is 988. The highest BCUT2D eigenvalue weighted by Crippen LogP contribution is 2.30. The second kappa shape index (κ2) is 10.4. The zero-order valence-electron chi connectivity index (χ0n) is 16.9. The Labute approximate surface area is 185 Å². The van der Waals surface area contributed by atoms with E-state index in [1.165, 1.54) is 18.3 Å². The maximum atomic E-state index is 12.5. The van der Waals surface area contributed by atoms with Crippen LogP contribution >= 0.6 is 24.0 Å². The number of ether oxygens (including phenoxy) is 2. The van der Waals surface area contributed by atoms with Gasteiger partial charge in [-0.05, 0) is 36.8 Å². The van der Waals surface area contributed by atoms with Crippen molar-refractivity contribution in [2.75, 3.05) is 31.2 Å². The van der Waals surface area contributed by atoms with E-state index < -0.39 is 11.2 Å². The van der Waals surface area contributed by atoms with Crippen LogP contribution in [0.4, 0.5) is 5.69 Å². The Morgan fingerprint density at radius 2 is 1.83 bits per heavy atom. The SMILES string of the molecule is CC(=O)OCCN(CCOC(=O)C(S)c1nc2ccccc2s1)c1cccc(C)c1. The number of nitrogens with zero attached hydrogens (tertiary/aromatic N) is 2. The van der Waals surface area contributed by atoms with Gasteiger partial charge in [-0.2, -0.15) is 12.6 Å². The van der Waals surface area contributed by atoms with Crippen molar-refractivity contribution in [1.82, 2.24) is 4.98 Å². The number of hydrogen-bond acceptors (Lipinski definition) is 8. The first kappa shape index (κ1) is 22.1. The lowest BCUT2D eigenvalue weighted by molar-refractivity contribution is -0.142. The van der Waals surface area contributed by atoms with Crippen LogP contribution in [-0.4, -0.2) is 43.2 Å². The van der Waals surface area contributed by atoms with Gasteiger partial charge in [-0.1, -0.05) is 24.3 Å². The Kier molecular flexibility index (Phi) is 7.70. The molecule has 1 heterocycles. The zero-order chi connectivity index (χ0) is 21.5. The van der Waals surface area contributed by atoms with Crippen molar-refractivity contribution >= 4 is 51.8 Å². The molecule has 1 aromatic heterocycles. The van der Waals surface area contributed by atoms with E-state index in [1.807, 2.05) is 60.4 Å². The maximum Gasteiger partial charge on any atom is 0.325 e. The fraction of sp³-hybridized carbons (Fsp3) is 0.318. The van der Waals surface area contributed by atoms with Crippen LogP contribution in [0, 0.1) is 6.92 Å². The first-order valence-corrected chi connectivity index (χ1v) is 10.9. The van der Waals surface area contributed by atoms with Crippen molar-refractivity contribution in [3.05, 3.63) is 59.1 Å². The molecule has 3 aromatic rings. The van der Waals surface area contributed by atoms with Crippen molar-refractivity contribution in [3.8, 4) is 0 Å². The monoisotopic (exact) mass is 444 g/mol. The predicted octanol–water partition coefficient (Wildman–Crippen LogP) is 4.19. The first-order valence-electron chi connectivity index (χ1n) is 9.59. The quantitative estimate of drug-likeness (QED) is 0.394. The Morgan fingerprint density at radius 1 is 1.10 bits per heavy atom. The highest BCUT2D eigenvalue weighted by atomic mass is 32.1. The van der Waals surface area contributed by atoms with Gasteiger partial charge in [-0.25, -0.2) is 4.98 Å². The van der Waals surface area contributed by atoms with Crippen LogP contribution in [0.25, 0.3) is 10.2 Å². The summed E-state index contributed by atoms with van der Waals surface area (Å²) in [5.74, 6) is -0.749. The van der Waals surface area contributed by atoms with Crippen LogP contribution in [0.2, 0.25) is 0 Å². The third kappa shape index (κ3) is 5.96. The van der Waals surface area contributed by atoms with E-state index in [0.29, 0.717) is 18.1 Å². The second-order valence-electron chi connectivity index (χ2n) is 6.76. The van der Waals surface area contributed by atoms with Gasteiger partial charge in [0.2, 0.25) is 0 Å². The molecular weight excluding hydrogens is 420 g/mol. The molecule has 0 bridgehead atoms. The lowest BCUT2D eigenvalue weighted by atomic mass is 10.2. The van der Waals surface area contributed by atoms with Crippen molar-refractivity contribution < 1.29 is 19.1 Å². The fourth-order valence-electron chi connectivity index (χ4n) is 2.94. The minimum Gasteiger partial charge on any atom is -0.464 e. The van der Waals surface area contributed by atoms with Gasteiger partial charge < -0.3 is 14.4 Å². The molecule has 0 saturated carbocycles. The van der Waals surface area contributed by atoms with Crippen LogP contribution in [0.5, 0.6) is 0 Å². The van der Waals surface area contributed by atoms with Crippen LogP contribution < -0.4 is 4.90 Å². The lowest BCUT2D eigenvalue weighted by Crippen LogP contribution is -2.32. The van der Waals surface area contributed by atoms with Crippen molar-refractivity contribution in [2.45, 2.75) is 19.1 Å². The third-order valence-electron chi connectivity index (χ3n) is 4.41. The third-order valence-corrected chi connectivity index (χ3v) is 6.14. The number of thiol groups is 1. The van der Waals surface area contributed by atoms with E-state index in [1.54, 1.807) is 0 Å². The topological polar surface area (TPSA) is 68.7 Å². The number of benzene rings is 2. The van der Waals surface area contributed by atoms with Gasteiger partial charge in [0.1, 0.15) is 18.2 Å². The minimum absolute atomic E-state index is 0.189. The number of thiazole rings is 1. The summed E-state index contributed by atoms with van der Waals surface area (Å²) >= 11 is 5.85. The molecule has 30 heavy (non-hydrogen) atoms. The summed E-state index contributed by atoms with van der Waals surface area (Å²) in [4.78, 5) is 30.0.